The SMILES string of the molecule is F[P-](F)(F)(F)(F)F.c1ccc2c(c1)Sc1ccccc1[SH+]2. The summed E-state index contributed by atoms with van der Waals surface area (Å²) in [5.74, 6) is 0. The van der Waals surface area contributed by atoms with Crippen LogP contribution in [-0.4, -0.2) is 0 Å². The molecule has 0 spiro atoms. The first-order valence-electron chi connectivity index (χ1n) is 5.52. The molecule has 1 aliphatic rings. The molecule has 0 radical (unpaired) electrons. The van der Waals surface area contributed by atoms with Crippen LogP contribution in [0.5, 0.6) is 0 Å². The van der Waals surface area contributed by atoms with E-state index in [1.54, 1.807) is 0 Å². The molecule has 0 atom stereocenters. The van der Waals surface area contributed by atoms with Gasteiger partial charge in [0.2, 0.25) is 0 Å². The van der Waals surface area contributed by atoms with E-state index in [0.29, 0.717) is 0 Å². The number of hydrogen-bond donors (Lipinski definition) is 0. The Morgan fingerprint density at radius 1 is 0.667 bits per heavy atom. The molecule has 116 valence electrons. The molecule has 0 N–H and O–H groups in total. The van der Waals surface area contributed by atoms with Gasteiger partial charge in [0, 0.05) is 11.8 Å². The molecule has 2 aromatic carbocycles. The molecule has 0 saturated heterocycles. The van der Waals surface area contributed by atoms with Crippen molar-refractivity contribution in [1.82, 2.24) is 0 Å². The molecular weight excluding hydrogens is 353 g/mol. The summed E-state index contributed by atoms with van der Waals surface area (Å²) in [7, 11) is -10.7. The minimum Gasteiger partial charge on any atom is -0.0795 e. The van der Waals surface area contributed by atoms with Gasteiger partial charge in [0.15, 0.2) is 9.79 Å². The van der Waals surface area contributed by atoms with E-state index < -0.39 is 7.81 Å². The molecule has 0 fully saturated rings. The molecule has 2 aromatic rings. The van der Waals surface area contributed by atoms with E-state index in [2.05, 4.69) is 48.5 Å². The second-order valence-corrected chi connectivity index (χ2v) is 8.30. The van der Waals surface area contributed by atoms with Gasteiger partial charge in [-0.05, 0) is 24.3 Å². The van der Waals surface area contributed by atoms with Gasteiger partial charge in [-0.25, -0.2) is 0 Å². The van der Waals surface area contributed by atoms with E-state index in [0.717, 1.165) is 0 Å². The van der Waals surface area contributed by atoms with Crippen LogP contribution in [0.3, 0.4) is 0 Å². The maximum Gasteiger partial charge on any atom is 0.172 e. The molecule has 0 unspecified atom stereocenters. The topological polar surface area (TPSA) is 0 Å². The van der Waals surface area contributed by atoms with Gasteiger partial charge in [-0.1, -0.05) is 36.0 Å². The van der Waals surface area contributed by atoms with Crippen LogP contribution in [0.2, 0.25) is 0 Å². The smallest absolute Gasteiger partial charge is 0.0795 e. The van der Waals surface area contributed by atoms with Gasteiger partial charge < -0.3 is 0 Å². The van der Waals surface area contributed by atoms with Crippen LogP contribution in [-0.2, 0) is 11.8 Å². The van der Waals surface area contributed by atoms with Crippen LogP contribution in [0.15, 0.2) is 68.1 Å². The first kappa shape index (κ1) is 16.5. The average molecular weight is 362 g/mol. The van der Waals surface area contributed by atoms with Crippen LogP contribution in [0.4, 0.5) is 25.2 Å². The van der Waals surface area contributed by atoms with E-state index in [9.17, 15) is 25.2 Å². The molecule has 0 bridgehead atoms. The number of thiol groups is 1. The molecule has 1 aliphatic heterocycles. The monoisotopic (exact) mass is 362 g/mol. The normalized spacial score (nSPS) is 16.5. The molecule has 1 heterocycles. The Bertz CT molecular complexity index is 570. The third kappa shape index (κ3) is 6.63. The summed E-state index contributed by atoms with van der Waals surface area (Å²) in [6.45, 7) is 0. The Balaban J connectivity index is 0.000000199. The Morgan fingerprint density at radius 3 is 1.38 bits per heavy atom. The van der Waals surface area contributed by atoms with Crippen LogP contribution in [0.25, 0.3) is 0 Å². The maximum absolute atomic E-state index is 10.7. The molecule has 0 saturated carbocycles. The van der Waals surface area contributed by atoms with Gasteiger partial charge in [-0.3, -0.25) is 0 Å². The van der Waals surface area contributed by atoms with Crippen molar-refractivity contribution in [3.8, 4) is 0 Å². The zero-order chi connectivity index (χ0) is 15.8. The summed E-state index contributed by atoms with van der Waals surface area (Å²) in [6, 6.07) is 17.2. The number of benzene rings is 2. The predicted octanol–water partition coefficient (Wildman–Crippen LogP) is 6.77. The van der Waals surface area contributed by atoms with Gasteiger partial charge in [0.05, 0.1) is 9.79 Å². The van der Waals surface area contributed by atoms with E-state index in [1.807, 2.05) is 11.8 Å². The second-order valence-electron chi connectivity index (χ2n) is 4.11. The fourth-order valence-electron chi connectivity index (χ4n) is 1.52. The van der Waals surface area contributed by atoms with E-state index in [-0.39, 0.29) is 0 Å². The molecule has 3 rings (SSSR count). The molecule has 0 amide bonds. The van der Waals surface area contributed by atoms with Crippen molar-refractivity contribution in [3.63, 3.8) is 0 Å². The zero-order valence-corrected chi connectivity index (χ0v) is 12.8. The van der Waals surface area contributed by atoms with Gasteiger partial charge >= 0.3 is 33.0 Å². The van der Waals surface area contributed by atoms with Gasteiger partial charge in [-0.15, -0.1) is 0 Å². The largest absolute Gasteiger partial charge is 0.172 e. The van der Waals surface area contributed by atoms with Crippen molar-refractivity contribution < 1.29 is 25.2 Å². The summed E-state index contributed by atoms with van der Waals surface area (Å²) in [4.78, 5) is 5.65. The first-order valence-corrected chi connectivity index (χ1v) is 9.26. The minimum atomic E-state index is -10.7. The van der Waals surface area contributed by atoms with E-state index >= 15 is 0 Å². The molecule has 0 aromatic heterocycles. The van der Waals surface area contributed by atoms with Crippen LogP contribution < -0.4 is 0 Å². The summed E-state index contributed by atoms with van der Waals surface area (Å²) < 4.78 is 59.2. The summed E-state index contributed by atoms with van der Waals surface area (Å²) in [5.41, 5.74) is 0. The quantitative estimate of drug-likeness (QED) is 0.184. The van der Waals surface area contributed by atoms with Crippen LogP contribution in [0, 0.1) is 0 Å². The van der Waals surface area contributed by atoms with Crippen molar-refractivity contribution in [2.45, 2.75) is 19.6 Å². The Kier molecular flexibility index (Phi) is 3.80. The number of halogens is 6. The van der Waals surface area contributed by atoms with Crippen molar-refractivity contribution in [2.75, 3.05) is 0 Å². The summed E-state index contributed by atoms with van der Waals surface area (Å²) >= 11 is 3.22. The van der Waals surface area contributed by atoms with Crippen molar-refractivity contribution in [1.29, 1.82) is 0 Å². The fourth-order valence-corrected chi connectivity index (χ4v) is 3.89. The van der Waals surface area contributed by atoms with Crippen molar-refractivity contribution in [2.24, 2.45) is 0 Å². The molecule has 9 heteroatoms. The van der Waals surface area contributed by atoms with Gasteiger partial charge in [-0.2, -0.15) is 0 Å². The number of rotatable bonds is 0. The van der Waals surface area contributed by atoms with Crippen molar-refractivity contribution in [3.05, 3.63) is 48.5 Å². The predicted molar refractivity (Wildman–Crippen MR) is 75.9 cm³/mol. The first-order chi connectivity index (χ1) is 9.38. The molecular formula is C12H9F6PS2. The maximum atomic E-state index is 9.87. The Labute approximate surface area is 125 Å². The number of hydrogen-bond acceptors (Lipinski definition) is 1. The summed E-state index contributed by atoms with van der Waals surface area (Å²) in [5, 5.41) is 0. The van der Waals surface area contributed by atoms with Crippen molar-refractivity contribution >= 4 is 31.3 Å². The van der Waals surface area contributed by atoms with E-state index in [1.165, 1.54) is 31.3 Å². The minimum absolute atomic E-state index is 1.34. The zero-order valence-electron chi connectivity index (χ0n) is 10.2. The second kappa shape index (κ2) is 4.83. The fraction of sp³-hybridized carbons (Fsp3) is 0. The third-order valence-corrected chi connectivity index (χ3v) is 4.91. The van der Waals surface area contributed by atoms with Gasteiger partial charge in [0.25, 0.3) is 0 Å². The molecule has 0 nitrogen and oxygen atoms in total. The average Bonchev–Trinajstić information content (AvgIpc) is 2.32. The number of fused-ring (bicyclic) bond motifs is 2. The standard InChI is InChI=1S/C12H8S2.F6P/c1-2-6-10-9(5-1)13-11-7-3-4-8-12(11)14-10;1-7(2,3,4,5)6/h1-8H;/q;-1/p+1. The van der Waals surface area contributed by atoms with Gasteiger partial charge in [0.1, 0.15) is 0 Å². The Morgan fingerprint density at radius 2 is 1.00 bits per heavy atom. The Hall–Kier alpha value is -0.850. The molecule has 0 aliphatic carbocycles. The third-order valence-electron chi connectivity index (χ3n) is 2.19. The van der Waals surface area contributed by atoms with Crippen LogP contribution >= 0.6 is 19.6 Å². The molecule has 21 heavy (non-hydrogen) atoms. The van der Waals surface area contributed by atoms with Crippen LogP contribution in [0.1, 0.15) is 0 Å². The summed E-state index contributed by atoms with van der Waals surface area (Å²) in [6.07, 6.45) is 0. The van der Waals surface area contributed by atoms with E-state index in [4.69, 9.17) is 0 Å².